The normalized spacial score (nSPS) is 22.3. The van der Waals surface area contributed by atoms with Crippen LogP contribution in [0.2, 0.25) is 5.02 Å². The lowest BCUT2D eigenvalue weighted by Gasteiger charge is -2.37. The van der Waals surface area contributed by atoms with Crippen LogP contribution in [-0.2, 0) is 5.60 Å². The summed E-state index contributed by atoms with van der Waals surface area (Å²) in [4.78, 5) is 22.6. The van der Waals surface area contributed by atoms with Crippen molar-refractivity contribution in [2.45, 2.75) is 22.9 Å². The summed E-state index contributed by atoms with van der Waals surface area (Å²) in [6, 6.07) is 6.59. The molecule has 3 unspecified atom stereocenters. The molecule has 2 aromatic rings. The van der Waals surface area contributed by atoms with Crippen LogP contribution in [0, 0.1) is 10.1 Å². The summed E-state index contributed by atoms with van der Waals surface area (Å²) >= 11 is 17.5. The van der Waals surface area contributed by atoms with Gasteiger partial charge in [0.25, 0.3) is 11.6 Å². The molecule has 0 aliphatic heterocycles. The van der Waals surface area contributed by atoms with E-state index in [0.717, 1.165) is 36.4 Å². The van der Waals surface area contributed by atoms with E-state index in [1.54, 1.807) is 0 Å². The molecule has 0 heterocycles. The van der Waals surface area contributed by atoms with E-state index in [1.165, 1.54) is 12.1 Å². The molecule has 3 rings (SSSR count). The second-order valence-electron chi connectivity index (χ2n) is 7.23. The Morgan fingerprint density at radius 3 is 2.29 bits per heavy atom. The number of rotatable bonds is 5. The molecule has 0 aromatic heterocycles. The van der Waals surface area contributed by atoms with Gasteiger partial charge in [0, 0.05) is 27.8 Å². The molecule has 1 amide bonds. The third-order valence-electron chi connectivity index (χ3n) is 4.99. The van der Waals surface area contributed by atoms with Gasteiger partial charge in [-0.25, -0.2) is 4.39 Å². The van der Waals surface area contributed by atoms with Crippen LogP contribution < -0.4 is 5.32 Å². The molecule has 180 valence electrons. The van der Waals surface area contributed by atoms with Crippen LogP contribution in [-0.4, -0.2) is 33.3 Å². The summed E-state index contributed by atoms with van der Waals surface area (Å²) in [6.07, 6.45) is -4.39. The van der Waals surface area contributed by atoms with Crippen LogP contribution in [0.4, 0.5) is 23.2 Å². The number of carbonyl (C=O) groups excluding carboxylic acids is 1. The van der Waals surface area contributed by atoms with E-state index in [0.29, 0.717) is 12.2 Å². The minimum Gasteiger partial charge on any atom is -0.372 e. The standard InChI is InChI=1S/C21H13Cl3F4N2O4/c22-14-6-4-12(5-7-14)20(32,21(26,27)28)13-9-16(23)17(19(24,25)10-13)29-18(31)11-2-1-3-15(8-11)30(33)34/h1-10,17,32H,(H,29,31). The first kappa shape index (κ1) is 26.0. The van der Waals surface area contributed by atoms with Gasteiger partial charge in [-0.15, -0.1) is 0 Å². The number of alkyl halides is 5. The van der Waals surface area contributed by atoms with Crippen LogP contribution in [0.3, 0.4) is 0 Å². The molecule has 0 saturated carbocycles. The van der Waals surface area contributed by atoms with E-state index < -0.39 is 55.6 Å². The van der Waals surface area contributed by atoms with E-state index in [9.17, 15) is 33.2 Å². The van der Waals surface area contributed by atoms with Crippen LogP contribution in [0.25, 0.3) is 0 Å². The summed E-state index contributed by atoms with van der Waals surface area (Å²) in [7, 11) is 0. The first-order valence-corrected chi connectivity index (χ1v) is 10.4. The van der Waals surface area contributed by atoms with E-state index in [4.69, 9.17) is 34.8 Å². The second-order valence-corrected chi connectivity index (χ2v) is 8.68. The number of nitro benzene ring substituents is 1. The number of amides is 1. The lowest BCUT2D eigenvalue weighted by molar-refractivity contribution is -0.384. The van der Waals surface area contributed by atoms with Crippen LogP contribution in [0.15, 0.2) is 71.3 Å². The highest BCUT2D eigenvalue weighted by molar-refractivity contribution is 6.33. The fourth-order valence-electron chi connectivity index (χ4n) is 3.28. The molecule has 34 heavy (non-hydrogen) atoms. The molecule has 0 spiro atoms. The van der Waals surface area contributed by atoms with Crippen LogP contribution in [0.5, 0.6) is 0 Å². The highest BCUT2D eigenvalue weighted by Crippen LogP contribution is 2.49. The number of non-ortho nitro benzene ring substituents is 1. The van der Waals surface area contributed by atoms with Gasteiger partial charge in [0.1, 0.15) is 6.04 Å². The maximum absolute atomic E-state index is 15.4. The minimum absolute atomic E-state index is 0.0978. The van der Waals surface area contributed by atoms with E-state index in [2.05, 4.69) is 5.32 Å². The molecule has 0 fully saturated rings. The molecule has 6 nitrogen and oxygen atoms in total. The smallest absolute Gasteiger partial charge is 0.372 e. The Kier molecular flexibility index (Phi) is 7.01. The Morgan fingerprint density at radius 2 is 1.76 bits per heavy atom. The third kappa shape index (κ3) is 4.90. The average Bonchev–Trinajstić information content (AvgIpc) is 2.75. The summed E-state index contributed by atoms with van der Waals surface area (Å²) in [5.41, 5.74) is -6.07. The van der Waals surface area contributed by atoms with Gasteiger partial charge in [-0.1, -0.05) is 53.0 Å². The topological polar surface area (TPSA) is 92.5 Å². The van der Waals surface area contributed by atoms with Crippen LogP contribution >= 0.6 is 34.8 Å². The van der Waals surface area contributed by atoms with Gasteiger partial charge in [0.05, 0.1) is 4.92 Å². The number of aliphatic hydroxyl groups is 1. The van der Waals surface area contributed by atoms with Gasteiger partial charge in [0.2, 0.25) is 10.7 Å². The number of nitrogens with one attached hydrogen (secondary N) is 1. The maximum atomic E-state index is 15.4. The van der Waals surface area contributed by atoms with Crippen molar-refractivity contribution < 1.29 is 32.4 Å². The van der Waals surface area contributed by atoms with Crippen molar-refractivity contribution in [2.75, 3.05) is 0 Å². The molecular formula is C21H13Cl3F4N2O4. The lowest BCUT2D eigenvalue weighted by atomic mass is 9.81. The summed E-state index contributed by atoms with van der Waals surface area (Å²) in [5, 5.41) is 19.9. The Balaban J connectivity index is 1.99. The van der Waals surface area contributed by atoms with Gasteiger partial charge in [-0.3, -0.25) is 14.9 Å². The third-order valence-corrected chi connectivity index (χ3v) is 5.89. The number of hydrogen-bond donors (Lipinski definition) is 2. The van der Waals surface area contributed by atoms with Crippen molar-refractivity contribution in [1.29, 1.82) is 0 Å². The highest BCUT2D eigenvalue weighted by Gasteiger charge is 2.59. The molecular weight excluding hydrogens is 527 g/mol. The average molecular weight is 540 g/mol. The molecule has 2 N–H and O–H groups in total. The first-order valence-electron chi connectivity index (χ1n) is 9.25. The molecule has 0 radical (unpaired) electrons. The molecule has 0 bridgehead atoms. The van der Waals surface area contributed by atoms with Gasteiger partial charge in [-0.2, -0.15) is 13.2 Å². The molecule has 3 atom stereocenters. The number of hydrogen-bond acceptors (Lipinski definition) is 4. The summed E-state index contributed by atoms with van der Waals surface area (Å²) < 4.78 is 57.4. The van der Waals surface area contributed by atoms with Crippen molar-refractivity contribution in [2.24, 2.45) is 0 Å². The fourth-order valence-corrected chi connectivity index (χ4v) is 4.08. The van der Waals surface area contributed by atoms with Crippen molar-refractivity contribution in [1.82, 2.24) is 5.32 Å². The van der Waals surface area contributed by atoms with Crippen molar-refractivity contribution >= 4 is 46.4 Å². The second kappa shape index (κ2) is 9.18. The zero-order valence-corrected chi connectivity index (χ0v) is 18.9. The predicted octanol–water partition coefficient (Wildman–Crippen LogP) is 5.76. The maximum Gasteiger partial charge on any atom is 0.425 e. The quantitative estimate of drug-likeness (QED) is 0.219. The van der Waals surface area contributed by atoms with Crippen molar-refractivity contribution in [3.8, 4) is 0 Å². The summed E-state index contributed by atoms with van der Waals surface area (Å²) in [6.45, 7) is 0. The molecule has 0 saturated heterocycles. The molecule has 1 aliphatic carbocycles. The number of nitro groups is 1. The van der Waals surface area contributed by atoms with E-state index in [-0.39, 0.29) is 10.6 Å². The van der Waals surface area contributed by atoms with E-state index >= 15 is 4.39 Å². The predicted molar refractivity (Wildman–Crippen MR) is 117 cm³/mol. The Morgan fingerprint density at radius 1 is 1.15 bits per heavy atom. The van der Waals surface area contributed by atoms with Gasteiger partial charge < -0.3 is 10.4 Å². The lowest BCUT2D eigenvalue weighted by Crippen LogP contribution is -2.51. The van der Waals surface area contributed by atoms with Gasteiger partial charge in [0.15, 0.2) is 0 Å². The number of nitrogens with zero attached hydrogens (tertiary/aromatic N) is 1. The zero-order chi connectivity index (χ0) is 25.5. The Bertz CT molecular complexity index is 1200. The minimum atomic E-state index is -5.33. The van der Waals surface area contributed by atoms with Crippen molar-refractivity contribution in [3.63, 3.8) is 0 Å². The van der Waals surface area contributed by atoms with Crippen molar-refractivity contribution in [3.05, 3.63) is 97.6 Å². The van der Waals surface area contributed by atoms with E-state index in [1.807, 2.05) is 0 Å². The largest absolute Gasteiger partial charge is 0.425 e. The highest BCUT2D eigenvalue weighted by atomic mass is 35.5. The number of benzene rings is 2. The monoisotopic (exact) mass is 538 g/mol. The van der Waals surface area contributed by atoms with Crippen LogP contribution in [0.1, 0.15) is 15.9 Å². The van der Waals surface area contributed by atoms with Gasteiger partial charge in [-0.05, 0) is 41.5 Å². The Labute approximate surface area is 204 Å². The number of carbonyl (C=O) groups is 1. The first-order chi connectivity index (χ1) is 15.7. The SMILES string of the molecule is O=C(NC1C(Cl)=CC(C(O)(c2ccc(Cl)cc2)C(F)(F)F)=CC1(F)Cl)c1cccc([N+](=O)[O-])c1. The van der Waals surface area contributed by atoms with Gasteiger partial charge >= 0.3 is 6.18 Å². The number of halogens is 7. The fraction of sp³-hybridized carbons (Fsp3) is 0.190. The molecule has 1 aliphatic rings. The summed E-state index contributed by atoms with van der Waals surface area (Å²) in [5.74, 6) is -1.02. The Hall–Kier alpha value is -2.66. The molecule has 13 heteroatoms. The molecule has 2 aromatic carbocycles. The zero-order valence-electron chi connectivity index (χ0n) is 16.6.